The molecular formula is C17H24N2O2. The number of hydrogen-bond acceptors (Lipinski definition) is 3. The fraction of sp³-hybridized carbons (Fsp3) is 0.588. The minimum atomic E-state index is 0.308. The third-order valence-electron chi connectivity index (χ3n) is 4.49. The zero-order valence-corrected chi connectivity index (χ0v) is 12.5. The summed E-state index contributed by atoms with van der Waals surface area (Å²) >= 11 is 0. The molecule has 3 rings (SSSR count). The number of benzene rings is 1. The van der Waals surface area contributed by atoms with Crippen molar-refractivity contribution in [1.82, 2.24) is 10.2 Å². The van der Waals surface area contributed by atoms with Gasteiger partial charge in [-0.15, -0.1) is 0 Å². The molecule has 21 heavy (non-hydrogen) atoms. The molecular weight excluding hydrogens is 264 g/mol. The second-order valence-electron chi connectivity index (χ2n) is 5.94. The summed E-state index contributed by atoms with van der Waals surface area (Å²) in [7, 11) is 0. The lowest BCUT2D eigenvalue weighted by atomic mass is 10.1. The molecule has 4 heteroatoms. The zero-order valence-electron chi connectivity index (χ0n) is 12.5. The molecule has 2 atom stereocenters. The molecule has 0 aromatic heterocycles. The van der Waals surface area contributed by atoms with Gasteiger partial charge in [0.05, 0.1) is 6.61 Å². The van der Waals surface area contributed by atoms with Crippen LogP contribution in [0.5, 0.6) is 5.75 Å². The number of carbonyl (C=O) groups excluding carboxylic acids is 1. The topological polar surface area (TPSA) is 41.6 Å². The number of hydrogen-bond donors (Lipinski definition) is 1. The van der Waals surface area contributed by atoms with Gasteiger partial charge in [-0.05, 0) is 44.4 Å². The van der Waals surface area contributed by atoms with E-state index in [4.69, 9.17) is 4.74 Å². The highest BCUT2D eigenvalue weighted by atomic mass is 16.5. The molecule has 1 aromatic carbocycles. The van der Waals surface area contributed by atoms with Crippen molar-refractivity contribution >= 4 is 5.91 Å². The summed E-state index contributed by atoms with van der Waals surface area (Å²) in [5, 5.41) is 3.43. The summed E-state index contributed by atoms with van der Waals surface area (Å²) in [6.07, 6.45) is 4.82. The van der Waals surface area contributed by atoms with E-state index in [1.54, 1.807) is 0 Å². The Labute approximate surface area is 126 Å². The third kappa shape index (κ3) is 3.56. The number of nitrogens with one attached hydrogen (secondary N) is 1. The van der Waals surface area contributed by atoms with Gasteiger partial charge in [0.2, 0.25) is 5.91 Å². The first-order valence-electron chi connectivity index (χ1n) is 8.04. The van der Waals surface area contributed by atoms with E-state index in [1.807, 2.05) is 30.3 Å². The fourth-order valence-electron chi connectivity index (χ4n) is 3.45. The van der Waals surface area contributed by atoms with E-state index in [-0.39, 0.29) is 0 Å². The van der Waals surface area contributed by atoms with Crippen molar-refractivity contribution in [2.45, 2.75) is 44.2 Å². The van der Waals surface area contributed by atoms with Gasteiger partial charge < -0.3 is 15.0 Å². The summed E-state index contributed by atoms with van der Waals surface area (Å²) in [5.41, 5.74) is 0. The Balaban J connectivity index is 1.44. The van der Waals surface area contributed by atoms with Crippen molar-refractivity contribution in [3.63, 3.8) is 0 Å². The first-order chi connectivity index (χ1) is 10.3. The Morgan fingerprint density at radius 2 is 2.00 bits per heavy atom. The SMILES string of the molecule is O=C(CCCOc1ccccc1)N1C2CCNCC1CC2. The molecule has 0 saturated carbocycles. The molecule has 2 fully saturated rings. The van der Waals surface area contributed by atoms with E-state index in [9.17, 15) is 4.79 Å². The van der Waals surface area contributed by atoms with Crippen molar-refractivity contribution in [2.24, 2.45) is 0 Å². The average molecular weight is 288 g/mol. The van der Waals surface area contributed by atoms with Crippen LogP contribution in [0.15, 0.2) is 30.3 Å². The van der Waals surface area contributed by atoms with Gasteiger partial charge in [0.1, 0.15) is 5.75 Å². The highest BCUT2D eigenvalue weighted by Gasteiger charge is 2.37. The quantitative estimate of drug-likeness (QED) is 0.845. The zero-order chi connectivity index (χ0) is 14.5. The van der Waals surface area contributed by atoms with Crippen LogP contribution in [0, 0.1) is 0 Å². The number of carbonyl (C=O) groups is 1. The van der Waals surface area contributed by atoms with Gasteiger partial charge in [0, 0.05) is 25.0 Å². The highest BCUT2D eigenvalue weighted by Crippen LogP contribution is 2.28. The van der Waals surface area contributed by atoms with E-state index in [0.717, 1.165) is 38.1 Å². The predicted octanol–water partition coefficient (Wildman–Crippen LogP) is 2.20. The van der Waals surface area contributed by atoms with E-state index >= 15 is 0 Å². The van der Waals surface area contributed by atoms with Crippen LogP contribution in [-0.4, -0.2) is 42.6 Å². The fourth-order valence-corrected chi connectivity index (χ4v) is 3.45. The molecule has 2 saturated heterocycles. The lowest BCUT2D eigenvalue weighted by Gasteiger charge is -2.28. The van der Waals surface area contributed by atoms with Crippen LogP contribution in [0.1, 0.15) is 32.1 Å². The first kappa shape index (κ1) is 14.4. The third-order valence-corrected chi connectivity index (χ3v) is 4.49. The molecule has 0 aliphatic carbocycles. The second kappa shape index (κ2) is 6.94. The number of nitrogens with zero attached hydrogens (tertiary/aromatic N) is 1. The Hall–Kier alpha value is -1.55. The summed E-state index contributed by atoms with van der Waals surface area (Å²) in [4.78, 5) is 14.6. The van der Waals surface area contributed by atoms with E-state index in [0.29, 0.717) is 31.0 Å². The molecule has 0 radical (unpaired) electrons. The van der Waals surface area contributed by atoms with Crippen molar-refractivity contribution < 1.29 is 9.53 Å². The number of amides is 1. The van der Waals surface area contributed by atoms with Crippen LogP contribution in [0.4, 0.5) is 0 Å². The van der Waals surface area contributed by atoms with Crippen LogP contribution < -0.4 is 10.1 Å². The number of rotatable bonds is 5. The molecule has 2 unspecified atom stereocenters. The van der Waals surface area contributed by atoms with Gasteiger partial charge in [-0.25, -0.2) is 0 Å². The van der Waals surface area contributed by atoms with Crippen molar-refractivity contribution in [1.29, 1.82) is 0 Å². The van der Waals surface area contributed by atoms with E-state index in [1.165, 1.54) is 6.42 Å². The maximum atomic E-state index is 12.5. The molecule has 4 nitrogen and oxygen atoms in total. The molecule has 1 aromatic rings. The molecule has 2 aliphatic heterocycles. The van der Waals surface area contributed by atoms with Crippen LogP contribution >= 0.6 is 0 Å². The Kier molecular flexibility index (Phi) is 4.76. The first-order valence-corrected chi connectivity index (χ1v) is 8.04. The van der Waals surface area contributed by atoms with Crippen molar-refractivity contribution in [3.8, 4) is 5.75 Å². The predicted molar refractivity (Wildman–Crippen MR) is 82.3 cm³/mol. The van der Waals surface area contributed by atoms with Crippen molar-refractivity contribution in [2.75, 3.05) is 19.7 Å². The Morgan fingerprint density at radius 3 is 2.86 bits per heavy atom. The largest absolute Gasteiger partial charge is 0.494 e. The van der Waals surface area contributed by atoms with Crippen LogP contribution in [0.3, 0.4) is 0 Å². The molecule has 2 aliphatic rings. The summed E-state index contributed by atoms with van der Waals surface area (Å²) in [6, 6.07) is 10.7. The van der Waals surface area contributed by atoms with Gasteiger partial charge in [-0.3, -0.25) is 4.79 Å². The number of fused-ring (bicyclic) bond motifs is 2. The summed E-state index contributed by atoms with van der Waals surface area (Å²) in [5.74, 6) is 1.19. The average Bonchev–Trinajstić information content (AvgIpc) is 2.78. The normalized spacial score (nSPS) is 24.7. The molecule has 2 bridgehead atoms. The lowest BCUT2D eigenvalue weighted by Crippen LogP contribution is -2.42. The van der Waals surface area contributed by atoms with Crippen LogP contribution in [-0.2, 0) is 4.79 Å². The minimum absolute atomic E-state index is 0.308. The van der Waals surface area contributed by atoms with Gasteiger partial charge in [-0.1, -0.05) is 18.2 Å². The Bertz CT molecular complexity index is 449. The second-order valence-corrected chi connectivity index (χ2v) is 5.94. The van der Waals surface area contributed by atoms with Gasteiger partial charge in [0.15, 0.2) is 0 Å². The molecule has 114 valence electrons. The van der Waals surface area contributed by atoms with Crippen LogP contribution in [0.2, 0.25) is 0 Å². The van der Waals surface area contributed by atoms with E-state index in [2.05, 4.69) is 10.2 Å². The number of ether oxygens (including phenoxy) is 1. The summed E-state index contributed by atoms with van der Waals surface area (Å²) in [6.45, 7) is 2.61. The summed E-state index contributed by atoms with van der Waals surface area (Å²) < 4.78 is 5.65. The van der Waals surface area contributed by atoms with E-state index < -0.39 is 0 Å². The minimum Gasteiger partial charge on any atom is -0.494 e. The monoisotopic (exact) mass is 288 g/mol. The Morgan fingerprint density at radius 1 is 1.19 bits per heavy atom. The van der Waals surface area contributed by atoms with Gasteiger partial charge in [-0.2, -0.15) is 0 Å². The molecule has 2 heterocycles. The van der Waals surface area contributed by atoms with Gasteiger partial charge in [0.25, 0.3) is 0 Å². The molecule has 0 spiro atoms. The highest BCUT2D eigenvalue weighted by molar-refractivity contribution is 5.77. The molecule has 1 N–H and O–H groups in total. The van der Waals surface area contributed by atoms with Crippen molar-refractivity contribution in [3.05, 3.63) is 30.3 Å². The smallest absolute Gasteiger partial charge is 0.223 e. The van der Waals surface area contributed by atoms with Gasteiger partial charge >= 0.3 is 0 Å². The van der Waals surface area contributed by atoms with Crippen LogP contribution in [0.25, 0.3) is 0 Å². The maximum Gasteiger partial charge on any atom is 0.223 e. The molecule has 1 amide bonds. The maximum absolute atomic E-state index is 12.5. The standard InChI is InChI=1S/C17H24N2O2/c20-17(7-4-12-21-16-5-2-1-3-6-16)19-14-8-9-15(19)13-18-11-10-14/h1-3,5-6,14-15,18H,4,7-13H2. The number of para-hydroxylation sites is 1. The lowest BCUT2D eigenvalue weighted by molar-refractivity contribution is -0.134.